The van der Waals surface area contributed by atoms with Crippen molar-refractivity contribution in [2.24, 2.45) is 5.73 Å². The largest absolute Gasteiger partial charge is 0.388 e. The minimum atomic E-state index is 0.288. The zero-order valence-corrected chi connectivity index (χ0v) is 9.95. The highest BCUT2D eigenvalue weighted by Crippen LogP contribution is 2.05. The van der Waals surface area contributed by atoms with Crippen molar-refractivity contribution in [2.75, 3.05) is 13.1 Å². The van der Waals surface area contributed by atoms with Gasteiger partial charge in [0.05, 0.1) is 5.84 Å². The Bertz CT molecular complexity index is 308. The minimum absolute atomic E-state index is 0.288. The van der Waals surface area contributed by atoms with Crippen molar-refractivity contribution in [1.29, 1.82) is 5.41 Å². The molecule has 0 amide bonds. The molecule has 0 spiro atoms. The van der Waals surface area contributed by atoms with E-state index in [0.717, 1.165) is 26.1 Å². The van der Waals surface area contributed by atoms with E-state index in [-0.39, 0.29) is 5.84 Å². The number of hydrogen-bond donors (Lipinski definition) is 2. The summed E-state index contributed by atoms with van der Waals surface area (Å²) in [5.41, 5.74) is 6.68. The second-order valence-electron chi connectivity index (χ2n) is 3.98. The van der Waals surface area contributed by atoms with Crippen molar-refractivity contribution < 1.29 is 0 Å². The van der Waals surface area contributed by atoms with Crippen LogP contribution < -0.4 is 5.73 Å². The first-order chi connectivity index (χ1) is 7.72. The van der Waals surface area contributed by atoms with Crippen LogP contribution in [0.15, 0.2) is 30.3 Å². The number of nitrogens with one attached hydrogen (secondary N) is 1. The molecule has 0 aliphatic heterocycles. The fraction of sp³-hybridized carbons (Fsp3) is 0.462. The Labute approximate surface area is 97.8 Å². The standard InChI is InChI=1S/C13H21N3/c1-2-16(10-6-9-13(14)15)11-12-7-4-3-5-8-12/h3-5,7-8H,2,6,9-11H2,1H3,(H3,14,15). The van der Waals surface area contributed by atoms with Crippen molar-refractivity contribution in [3.63, 3.8) is 0 Å². The van der Waals surface area contributed by atoms with Crippen LogP contribution in [-0.4, -0.2) is 23.8 Å². The first-order valence-corrected chi connectivity index (χ1v) is 5.81. The van der Waals surface area contributed by atoms with Gasteiger partial charge >= 0.3 is 0 Å². The Morgan fingerprint density at radius 3 is 2.56 bits per heavy atom. The van der Waals surface area contributed by atoms with Crippen LogP contribution in [0.1, 0.15) is 25.3 Å². The second-order valence-corrected chi connectivity index (χ2v) is 3.98. The van der Waals surface area contributed by atoms with Gasteiger partial charge in [-0.3, -0.25) is 10.3 Å². The molecule has 0 aliphatic carbocycles. The number of rotatable bonds is 7. The molecule has 3 nitrogen and oxygen atoms in total. The van der Waals surface area contributed by atoms with Crippen molar-refractivity contribution in [1.82, 2.24) is 4.90 Å². The summed E-state index contributed by atoms with van der Waals surface area (Å²) < 4.78 is 0. The summed E-state index contributed by atoms with van der Waals surface area (Å²) >= 11 is 0. The van der Waals surface area contributed by atoms with Crippen molar-refractivity contribution >= 4 is 5.84 Å². The van der Waals surface area contributed by atoms with Gasteiger partial charge in [0.15, 0.2) is 0 Å². The maximum absolute atomic E-state index is 7.18. The van der Waals surface area contributed by atoms with Gasteiger partial charge < -0.3 is 5.73 Å². The molecular weight excluding hydrogens is 198 g/mol. The topological polar surface area (TPSA) is 53.1 Å². The van der Waals surface area contributed by atoms with E-state index in [4.69, 9.17) is 11.1 Å². The van der Waals surface area contributed by atoms with Gasteiger partial charge in [0, 0.05) is 13.0 Å². The highest BCUT2D eigenvalue weighted by molar-refractivity contribution is 5.76. The molecule has 0 unspecified atom stereocenters. The van der Waals surface area contributed by atoms with Gasteiger partial charge in [-0.1, -0.05) is 37.3 Å². The molecule has 16 heavy (non-hydrogen) atoms. The first-order valence-electron chi connectivity index (χ1n) is 5.81. The van der Waals surface area contributed by atoms with Gasteiger partial charge in [0.1, 0.15) is 0 Å². The molecule has 88 valence electrons. The minimum Gasteiger partial charge on any atom is -0.388 e. The van der Waals surface area contributed by atoms with Crippen molar-refractivity contribution in [2.45, 2.75) is 26.3 Å². The Hall–Kier alpha value is -1.35. The lowest BCUT2D eigenvalue weighted by molar-refractivity contribution is 0.278. The van der Waals surface area contributed by atoms with Crippen LogP contribution in [0.5, 0.6) is 0 Å². The maximum atomic E-state index is 7.18. The highest BCUT2D eigenvalue weighted by Gasteiger charge is 2.03. The Balaban J connectivity index is 2.34. The third-order valence-corrected chi connectivity index (χ3v) is 2.62. The third kappa shape index (κ3) is 4.94. The smallest absolute Gasteiger partial charge is 0.0905 e. The normalized spacial score (nSPS) is 10.6. The van der Waals surface area contributed by atoms with E-state index in [1.165, 1.54) is 5.56 Å². The molecule has 1 rings (SSSR count). The summed E-state index contributed by atoms with van der Waals surface area (Å²) in [4.78, 5) is 2.37. The van der Waals surface area contributed by atoms with Gasteiger partial charge in [-0.15, -0.1) is 0 Å². The van der Waals surface area contributed by atoms with Gasteiger partial charge in [0.2, 0.25) is 0 Å². The molecule has 1 aromatic rings. The van der Waals surface area contributed by atoms with E-state index in [0.29, 0.717) is 6.42 Å². The summed E-state index contributed by atoms with van der Waals surface area (Å²) in [7, 11) is 0. The number of amidine groups is 1. The van der Waals surface area contributed by atoms with Gasteiger partial charge in [-0.2, -0.15) is 0 Å². The van der Waals surface area contributed by atoms with Crippen LogP contribution in [0.3, 0.4) is 0 Å². The van der Waals surface area contributed by atoms with Gasteiger partial charge in [0.25, 0.3) is 0 Å². The monoisotopic (exact) mass is 219 g/mol. The fourth-order valence-electron chi connectivity index (χ4n) is 1.68. The molecular formula is C13H21N3. The molecule has 3 heteroatoms. The quantitative estimate of drug-likeness (QED) is 0.546. The Morgan fingerprint density at radius 1 is 1.31 bits per heavy atom. The highest BCUT2D eigenvalue weighted by atomic mass is 15.1. The molecule has 0 atom stereocenters. The lowest BCUT2D eigenvalue weighted by Gasteiger charge is -2.20. The van der Waals surface area contributed by atoms with Gasteiger partial charge in [-0.25, -0.2) is 0 Å². The zero-order valence-electron chi connectivity index (χ0n) is 9.95. The Morgan fingerprint density at radius 2 is 2.00 bits per heavy atom. The lowest BCUT2D eigenvalue weighted by Crippen LogP contribution is -2.25. The number of benzene rings is 1. The summed E-state index contributed by atoms with van der Waals surface area (Å²) in [6.45, 7) is 5.18. The molecule has 0 radical (unpaired) electrons. The van der Waals surface area contributed by atoms with Crippen LogP contribution in [0.4, 0.5) is 0 Å². The van der Waals surface area contributed by atoms with Crippen LogP contribution >= 0.6 is 0 Å². The molecule has 0 saturated heterocycles. The summed E-state index contributed by atoms with van der Waals surface area (Å²) in [5, 5.41) is 7.18. The zero-order chi connectivity index (χ0) is 11.8. The number of nitrogens with zero attached hydrogens (tertiary/aromatic N) is 1. The van der Waals surface area contributed by atoms with E-state index in [2.05, 4.69) is 36.1 Å². The van der Waals surface area contributed by atoms with E-state index in [1.807, 2.05) is 6.07 Å². The van der Waals surface area contributed by atoms with E-state index in [9.17, 15) is 0 Å². The predicted octanol–water partition coefficient (Wildman–Crippen LogP) is 2.22. The molecule has 0 bridgehead atoms. The summed E-state index contributed by atoms with van der Waals surface area (Å²) in [5.74, 6) is 0.288. The van der Waals surface area contributed by atoms with E-state index in [1.54, 1.807) is 0 Å². The van der Waals surface area contributed by atoms with E-state index >= 15 is 0 Å². The first kappa shape index (κ1) is 12.7. The molecule has 0 fully saturated rings. The lowest BCUT2D eigenvalue weighted by atomic mass is 10.2. The van der Waals surface area contributed by atoms with Crippen LogP contribution in [-0.2, 0) is 6.54 Å². The van der Waals surface area contributed by atoms with Crippen LogP contribution in [0.2, 0.25) is 0 Å². The van der Waals surface area contributed by atoms with Crippen LogP contribution in [0.25, 0.3) is 0 Å². The molecule has 0 heterocycles. The molecule has 3 N–H and O–H groups in total. The van der Waals surface area contributed by atoms with Gasteiger partial charge in [-0.05, 0) is 25.1 Å². The molecule has 1 aromatic carbocycles. The Kier molecular flexibility index (Phi) is 5.57. The molecule has 0 saturated carbocycles. The predicted molar refractivity (Wildman–Crippen MR) is 68.5 cm³/mol. The summed E-state index contributed by atoms with van der Waals surface area (Å²) in [6, 6.07) is 10.5. The fourth-order valence-corrected chi connectivity index (χ4v) is 1.68. The average Bonchev–Trinajstić information content (AvgIpc) is 2.28. The average molecular weight is 219 g/mol. The summed E-state index contributed by atoms with van der Waals surface area (Å²) in [6.07, 6.45) is 1.67. The number of nitrogens with two attached hydrogens (primary N) is 1. The van der Waals surface area contributed by atoms with Crippen molar-refractivity contribution in [3.8, 4) is 0 Å². The maximum Gasteiger partial charge on any atom is 0.0905 e. The molecule has 0 aliphatic rings. The second kappa shape index (κ2) is 7.01. The SMILES string of the molecule is CCN(CCCC(=N)N)Cc1ccccc1. The van der Waals surface area contributed by atoms with Crippen LogP contribution in [0, 0.1) is 5.41 Å². The third-order valence-electron chi connectivity index (χ3n) is 2.62. The van der Waals surface area contributed by atoms with Crippen molar-refractivity contribution in [3.05, 3.63) is 35.9 Å². The number of hydrogen-bond acceptors (Lipinski definition) is 2. The molecule has 0 aromatic heterocycles. The van der Waals surface area contributed by atoms with E-state index < -0.39 is 0 Å².